The van der Waals surface area contributed by atoms with E-state index in [4.69, 9.17) is 9.57 Å². The number of nitrogens with zero attached hydrogens (tertiary/aromatic N) is 1. The Labute approximate surface area is 100 Å². The normalized spacial score (nSPS) is 25.2. The summed E-state index contributed by atoms with van der Waals surface area (Å²) in [4.78, 5) is 16.2. The lowest BCUT2D eigenvalue weighted by molar-refractivity contribution is -0.237. The molecule has 1 aliphatic heterocycles. The standard InChI is InChI=1S/C13H15NO3/c1-16-14-8-10-17-11-13(14,7-9-15)12-5-3-2-4-6-12/h2-7H,8,10-11H2,1H3. The van der Waals surface area contributed by atoms with Gasteiger partial charge in [0.05, 0.1) is 20.3 Å². The second-order valence-corrected chi connectivity index (χ2v) is 3.89. The quantitative estimate of drug-likeness (QED) is 0.734. The van der Waals surface area contributed by atoms with Crippen molar-refractivity contribution >= 4 is 5.94 Å². The molecule has 1 atom stereocenters. The van der Waals surface area contributed by atoms with Crippen LogP contribution in [0.5, 0.6) is 0 Å². The summed E-state index contributed by atoms with van der Waals surface area (Å²) in [7, 11) is 1.60. The maximum Gasteiger partial charge on any atom is 0.123 e. The molecule has 0 N–H and O–H groups in total. The molecule has 0 amide bonds. The third kappa shape index (κ3) is 2.16. The van der Waals surface area contributed by atoms with Crippen LogP contribution in [0, 0.1) is 0 Å². The van der Waals surface area contributed by atoms with E-state index in [0.717, 1.165) is 5.56 Å². The van der Waals surface area contributed by atoms with E-state index in [1.165, 1.54) is 6.08 Å². The van der Waals surface area contributed by atoms with Crippen LogP contribution < -0.4 is 0 Å². The number of rotatable bonds is 3. The van der Waals surface area contributed by atoms with Crippen molar-refractivity contribution in [3.63, 3.8) is 0 Å². The first-order valence-electron chi connectivity index (χ1n) is 5.50. The molecule has 1 aromatic carbocycles. The Kier molecular flexibility index (Phi) is 3.71. The Morgan fingerprint density at radius 2 is 2.24 bits per heavy atom. The van der Waals surface area contributed by atoms with Crippen molar-refractivity contribution in [2.24, 2.45) is 0 Å². The first-order chi connectivity index (χ1) is 8.33. The Morgan fingerprint density at radius 1 is 1.47 bits per heavy atom. The van der Waals surface area contributed by atoms with Gasteiger partial charge in [-0.2, -0.15) is 5.06 Å². The number of carbonyl (C=O) groups excluding carboxylic acids is 1. The van der Waals surface area contributed by atoms with Crippen molar-refractivity contribution in [2.45, 2.75) is 5.54 Å². The smallest absolute Gasteiger partial charge is 0.123 e. The molecule has 0 aromatic heterocycles. The highest BCUT2D eigenvalue weighted by Crippen LogP contribution is 2.32. The van der Waals surface area contributed by atoms with Crippen molar-refractivity contribution < 1.29 is 14.4 Å². The Balaban J connectivity index is 2.47. The highest BCUT2D eigenvalue weighted by atomic mass is 16.7. The van der Waals surface area contributed by atoms with Gasteiger partial charge in [0.1, 0.15) is 11.5 Å². The van der Waals surface area contributed by atoms with E-state index in [9.17, 15) is 4.79 Å². The lowest BCUT2D eigenvalue weighted by Crippen LogP contribution is -2.52. The fraction of sp³-hybridized carbons (Fsp3) is 0.385. The number of ether oxygens (including phenoxy) is 1. The summed E-state index contributed by atoms with van der Waals surface area (Å²) in [5.74, 6) is 1.86. The van der Waals surface area contributed by atoms with E-state index in [1.807, 2.05) is 36.3 Å². The number of morpholine rings is 1. The summed E-state index contributed by atoms with van der Waals surface area (Å²) in [5.41, 5.74) is 0.292. The maximum absolute atomic E-state index is 10.8. The SMILES string of the molecule is CON1CCOCC1(C=C=O)c1ccccc1. The van der Waals surface area contributed by atoms with E-state index < -0.39 is 5.54 Å². The van der Waals surface area contributed by atoms with E-state index in [2.05, 4.69) is 0 Å². The number of hydrogen-bond donors (Lipinski definition) is 0. The van der Waals surface area contributed by atoms with E-state index in [0.29, 0.717) is 19.8 Å². The zero-order chi connectivity index (χ0) is 12.1. The van der Waals surface area contributed by atoms with Gasteiger partial charge in [-0.25, -0.2) is 4.79 Å². The lowest BCUT2D eigenvalue weighted by Gasteiger charge is -2.42. The van der Waals surface area contributed by atoms with Crippen LogP contribution in [0.4, 0.5) is 0 Å². The summed E-state index contributed by atoms with van der Waals surface area (Å²) in [6.45, 7) is 1.60. The van der Waals surface area contributed by atoms with Crippen LogP contribution in [0.2, 0.25) is 0 Å². The van der Waals surface area contributed by atoms with Gasteiger partial charge in [-0.3, -0.25) is 0 Å². The minimum Gasteiger partial charge on any atom is -0.377 e. The summed E-state index contributed by atoms with van der Waals surface area (Å²) in [5, 5.41) is 1.76. The number of hydroxylamine groups is 2. The van der Waals surface area contributed by atoms with Crippen molar-refractivity contribution in [2.75, 3.05) is 26.9 Å². The maximum atomic E-state index is 10.8. The second-order valence-electron chi connectivity index (χ2n) is 3.89. The van der Waals surface area contributed by atoms with Gasteiger partial charge in [0.15, 0.2) is 0 Å². The van der Waals surface area contributed by atoms with Crippen molar-refractivity contribution in [3.8, 4) is 0 Å². The molecule has 0 spiro atoms. The summed E-state index contributed by atoms with van der Waals surface area (Å²) < 4.78 is 5.49. The van der Waals surface area contributed by atoms with Gasteiger partial charge in [-0.15, -0.1) is 0 Å². The van der Waals surface area contributed by atoms with Gasteiger partial charge >= 0.3 is 0 Å². The minimum atomic E-state index is -0.671. The summed E-state index contributed by atoms with van der Waals surface area (Å²) >= 11 is 0. The molecule has 1 aliphatic rings. The van der Waals surface area contributed by atoms with Crippen molar-refractivity contribution in [3.05, 3.63) is 42.0 Å². The average Bonchev–Trinajstić information content (AvgIpc) is 2.40. The van der Waals surface area contributed by atoms with Gasteiger partial charge < -0.3 is 9.57 Å². The fourth-order valence-corrected chi connectivity index (χ4v) is 2.15. The fourth-order valence-electron chi connectivity index (χ4n) is 2.15. The highest BCUT2D eigenvalue weighted by molar-refractivity contribution is 5.51. The molecule has 0 saturated carbocycles. The lowest BCUT2D eigenvalue weighted by atomic mass is 9.89. The van der Waals surface area contributed by atoms with E-state index in [1.54, 1.807) is 12.2 Å². The molecule has 1 aromatic rings. The van der Waals surface area contributed by atoms with Gasteiger partial charge in [0.2, 0.25) is 0 Å². The molecule has 1 fully saturated rings. The molecule has 0 radical (unpaired) electrons. The Bertz CT molecular complexity index is 414. The predicted molar refractivity (Wildman–Crippen MR) is 62.9 cm³/mol. The molecule has 90 valence electrons. The predicted octanol–water partition coefficient (Wildman–Crippen LogP) is 1.16. The monoisotopic (exact) mass is 233 g/mol. The molecule has 0 aliphatic carbocycles. The van der Waals surface area contributed by atoms with Crippen molar-refractivity contribution in [1.29, 1.82) is 0 Å². The van der Waals surface area contributed by atoms with Crippen LogP contribution in [-0.4, -0.2) is 37.9 Å². The average molecular weight is 233 g/mol. The molecule has 1 saturated heterocycles. The molecule has 4 heteroatoms. The van der Waals surface area contributed by atoms with E-state index in [-0.39, 0.29) is 0 Å². The van der Waals surface area contributed by atoms with Crippen molar-refractivity contribution in [1.82, 2.24) is 5.06 Å². The summed E-state index contributed by atoms with van der Waals surface area (Å²) in [6, 6.07) is 9.70. The topological polar surface area (TPSA) is 38.8 Å². The molecule has 1 heterocycles. The first kappa shape index (κ1) is 12.0. The molecule has 1 unspecified atom stereocenters. The third-order valence-corrected chi connectivity index (χ3v) is 3.00. The third-order valence-electron chi connectivity index (χ3n) is 3.00. The van der Waals surface area contributed by atoms with Gasteiger partial charge in [-0.05, 0) is 5.56 Å². The van der Waals surface area contributed by atoms with Gasteiger partial charge in [-0.1, -0.05) is 30.3 Å². The molecular formula is C13H15NO3. The van der Waals surface area contributed by atoms with Crippen LogP contribution in [0.1, 0.15) is 5.56 Å². The summed E-state index contributed by atoms with van der Waals surface area (Å²) in [6.07, 6.45) is 1.46. The Hall–Kier alpha value is -1.45. The minimum absolute atomic E-state index is 0.389. The zero-order valence-corrected chi connectivity index (χ0v) is 9.76. The molecule has 4 nitrogen and oxygen atoms in total. The van der Waals surface area contributed by atoms with Crippen LogP contribution in [0.15, 0.2) is 36.4 Å². The van der Waals surface area contributed by atoms with Crippen LogP contribution >= 0.6 is 0 Å². The van der Waals surface area contributed by atoms with Gasteiger partial charge in [0, 0.05) is 12.6 Å². The van der Waals surface area contributed by atoms with Crippen LogP contribution in [0.25, 0.3) is 0 Å². The molecule has 0 bridgehead atoms. The molecule has 2 rings (SSSR count). The van der Waals surface area contributed by atoms with Crippen LogP contribution in [-0.2, 0) is 19.9 Å². The number of benzene rings is 1. The first-order valence-corrected chi connectivity index (χ1v) is 5.50. The molecular weight excluding hydrogens is 218 g/mol. The Morgan fingerprint density at radius 3 is 2.88 bits per heavy atom. The van der Waals surface area contributed by atoms with Gasteiger partial charge in [0.25, 0.3) is 0 Å². The molecule has 17 heavy (non-hydrogen) atoms. The largest absolute Gasteiger partial charge is 0.377 e. The van der Waals surface area contributed by atoms with Crippen LogP contribution in [0.3, 0.4) is 0 Å². The highest BCUT2D eigenvalue weighted by Gasteiger charge is 2.40. The van der Waals surface area contributed by atoms with E-state index >= 15 is 0 Å². The second kappa shape index (κ2) is 5.25. The number of hydrogen-bond acceptors (Lipinski definition) is 4. The zero-order valence-electron chi connectivity index (χ0n) is 9.76.